The van der Waals surface area contributed by atoms with Gasteiger partial charge >= 0.3 is 0 Å². The molecule has 0 N–H and O–H groups in total. The van der Waals surface area contributed by atoms with E-state index in [1.54, 1.807) is 18.2 Å². The van der Waals surface area contributed by atoms with Gasteiger partial charge < -0.3 is 0 Å². The van der Waals surface area contributed by atoms with Gasteiger partial charge in [-0.2, -0.15) is 4.31 Å². The fourth-order valence-electron chi connectivity index (χ4n) is 2.10. The number of nitrogens with zero attached hydrogens (tertiary/aromatic N) is 1. The van der Waals surface area contributed by atoms with Crippen molar-refractivity contribution in [3.63, 3.8) is 0 Å². The lowest BCUT2D eigenvalue weighted by Crippen LogP contribution is -2.29. The molecule has 0 spiro atoms. The maximum atomic E-state index is 12.5. The third-order valence-electron chi connectivity index (χ3n) is 3.47. The molecule has 1 heterocycles. The Labute approximate surface area is 121 Å². The molecule has 3 nitrogen and oxygen atoms in total. The Bertz CT molecular complexity index is 551. The van der Waals surface area contributed by atoms with Crippen LogP contribution in [0.3, 0.4) is 0 Å². The number of sulfonamides is 1. The Balaban J connectivity index is 2.37. The highest BCUT2D eigenvalue weighted by Gasteiger charge is 2.35. The lowest BCUT2D eigenvalue weighted by atomic mass is 10.0. The van der Waals surface area contributed by atoms with Crippen LogP contribution in [0.2, 0.25) is 5.02 Å². The van der Waals surface area contributed by atoms with Gasteiger partial charge in [-0.1, -0.05) is 41.4 Å². The third kappa shape index (κ3) is 2.59. The number of hydrogen-bond donors (Lipinski definition) is 0. The van der Waals surface area contributed by atoms with Crippen LogP contribution >= 0.6 is 27.5 Å². The largest absolute Gasteiger partial charge is 0.244 e. The van der Waals surface area contributed by atoms with E-state index in [1.807, 2.05) is 0 Å². The second-order valence-electron chi connectivity index (χ2n) is 4.85. The molecule has 1 saturated heterocycles. The first-order valence-electron chi connectivity index (χ1n) is 5.77. The first kappa shape index (κ1) is 14.3. The van der Waals surface area contributed by atoms with E-state index >= 15 is 0 Å². The smallest absolute Gasteiger partial charge is 0.207 e. The highest BCUT2D eigenvalue weighted by Crippen LogP contribution is 2.32. The monoisotopic (exact) mass is 351 g/mol. The van der Waals surface area contributed by atoms with E-state index < -0.39 is 10.0 Å². The van der Waals surface area contributed by atoms with Gasteiger partial charge in [-0.3, -0.25) is 0 Å². The Kier molecular flexibility index (Phi) is 4.07. The van der Waals surface area contributed by atoms with E-state index in [4.69, 9.17) is 11.6 Å². The molecule has 2 unspecified atom stereocenters. The molecular formula is C12H15BrClNO2S. The van der Waals surface area contributed by atoms with Crippen molar-refractivity contribution < 1.29 is 8.42 Å². The van der Waals surface area contributed by atoms with Crippen LogP contribution in [-0.2, 0) is 10.0 Å². The molecule has 1 aliphatic rings. The molecule has 1 fully saturated rings. The van der Waals surface area contributed by atoms with Gasteiger partial charge in [-0.25, -0.2) is 8.42 Å². The number of rotatable bonds is 2. The molecule has 100 valence electrons. The molecule has 18 heavy (non-hydrogen) atoms. The maximum absolute atomic E-state index is 12.5. The summed E-state index contributed by atoms with van der Waals surface area (Å²) in [7, 11) is -3.47. The predicted octanol–water partition coefficient (Wildman–Crippen LogP) is 3.38. The fraction of sp³-hybridized carbons (Fsp3) is 0.500. The Morgan fingerprint density at radius 3 is 2.33 bits per heavy atom. The molecule has 6 heteroatoms. The average molecular weight is 353 g/mol. The van der Waals surface area contributed by atoms with E-state index in [0.717, 1.165) is 4.47 Å². The van der Waals surface area contributed by atoms with Crippen LogP contribution in [0.5, 0.6) is 0 Å². The minimum absolute atomic E-state index is 0.189. The van der Waals surface area contributed by atoms with Crippen molar-refractivity contribution >= 4 is 37.6 Å². The topological polar surface area (TPSA) is 37.4 Å². The summed E-state index contributed by atoms with van der Waals surface area (Å²) in [5.41, 5.74) is 0. The van der Waals surface area contributed by atoms with Crippen molar-refractivity contribution in [1.82, 2.24) is 4.31 Å². The third-order valence-corrected chi connectivity index (χ3v) is 6.27. The molecule has 0 saturated carbocycles. The van der Waals surface area contributed by atoms with Crippen LogP contribution in [0.15, 0.2) is 27.6 Å². The maximum Gasteiger partial charge on any atom is 0.244 e. The van der Waals surface area contributed by atoms with Gasteiger partial charge in [0.05, 0.1) is 5.02 Å². The zero-order chi connectivity index (χ0) is 13.5. The van der Waals surface area contributed by atoms with Gasteiger partial charge in [0.25, 0.3) is 0 Å². The van der Waals surface area contributed by atoms with Crippen molar-refractivity contribution in [2.75, 3.05) is 13.1 Å². The van der Waals surface area contributed by atoms with Crippen molar-refractivity contribution in [1.29, 1.82) is 0 Å². The van der Waals surface area contributed by atoms with Gasteiger partial charge in [0.1, 0.15) is 4.90 Å². The summed E-state index contributed by atoms with van der Waals surface area (Å²) in [6.45, 7) is 5.28. The highest BCUT2D eigenvalue weighted by molar-refractivity contribution is 9.10. The standard InChI is InChI=1S/C12H15BrClNO2S/c1-8-6-15(7-9(8)2)18(16,17)12-4-3-10(13)5-11(12)14/h3-5,8-9H,6-7H2,1-2H3. The van der Waals surface area contributed by atoms with E-state index in [1.165, 1.54) is 4.31 Å². The minimum atomic E-state index is -3.47. The molecule has 1 aromatic rings. The molecule has 2 atom stereocenters. The van der Waals surface area contributed by atoms with Crippen molar-refractivity contribution in [2.45, 2.75) is 18.7 Å². The Hall–Kier alpha value is -0.100. The van der Waals surface area contributed by atoms with Crippen LogP contribution < -0.4 is 0 Å². The highest BCUT2D eigenvalue weighted by atomic mass is 79.9. The molecule has 0 bridgehead atoms. The molecule has 0 amide bonds. The van der Waals surface area contributed by atoms with Gasteiger partial charge in [0.15, 0.2) is 0 Å². The van der Waals surface area contributed by atoms with Crippen LogP contribution in [0.1, 0.15) is 13.8 Å². The summed E-state index contributed by atoms with van der Waals surface area (Å²) in [5.74, 6) is 0.767. The molecule has 1 aliphatic heterocycles. The van der Waals surface area contributed by atoms with Crippen LogP contribution in [0, 0.1) is 11.8 Å². The number of halogens is 2. The van der Waals surface area contributed by atoms with E-state index in [0.29, 0.717) is 24.9 Å². The normalized spacial score (nSPS) is 25.6. The Morgan fingerprint density at radius 2 is 1.83 bits per heavy atom. The lowest BCUT2D eigenvalue weighted by Gasteiger charge is -2.17. The SMILES string of the molecule is CC1CN(S(=O)(=O)c2ccc(Br)cc2Cl)CC1C. The number of benzene rings is 1. The predicted molar refractivity (Wildman–Crippen MR) is 76.2 cm³/mol. The molecule has 1 aromatic carbocycles. The van der Waals surface area contributed by atoms with Crippen LogP contribution in [0.25, 0.3) is 0 Å². The zero-order valence-corrected chi connectivity index (χ0v) is 13.4. The van der Waals surface area contributed by atoms with Gasteiger partial charge in [0, 0.05) is 17.6 Å². The second-order valence-corrected chi connectivity index (χ2v) is 8.08. The van der Waals surface area contributed by atoms with Gasteiger partial charge in [0.2, 0.25) is 10.0 Å². The Morgan fingerprint density at radius 1 is 1.28 bits per heavy atom. The van der Waals surface area contributed by atoms with Gasteiger partial charge in [-0.05, 0) is 30.0 Å². The molecule has 0 radical (unpaired) electrons. The van der Waals surface area contributed by atoms with E-state index in [2.05, 4.69) is 29.8 Å². The summed E-state index contributed by atoms with van der Waals surface area (Å²) in [6, 6.07) is 4.86. The first-order chi connectivity index (χ1) is 8.32. The van der Waals surface area contributed by atoms with Crippen LogP contribution in [-0.4, -0.2) is 25.8 Å². The van der Waals surface area contributed by atoms with Gasteiger partial charge in [-0.15, -0.1) is 0 Å². The molecule has 0 aromatic heterocycles. The summed E-state index contributed by atoms with van der Waals surface area (Å²) >= 11 is 9.30. The zero-order valence-electron chi connectivity index (χ0n) is 10.2. The quantitative estimate of drug-likeness (QED) is 0.818. The first-order valence-corrected chi connectivity index (χ1v) is 8.38. The molecular weight excluding hydrogens is 338 g/mol. The summed E-state index contributed by atoms with van der Waals surface area (Å²) in [4.78, 5) is 0.189. The summed E-state index contributed by atoms with van der Waals surface area (Å²) < 4.78 is 27.3. The van der Waals surface area contributed by atoms with Crippen LogP contribution in [0.4, 0.5) is 0 Å². The summed E-state index contributed by atoms with van der Waals surface area (Å²) in [5, 5.41) is 0.261. The fourth-order valence-corrected chi connectivity index (χ4v) is 4.75. The van der Waals surface area contributed by atoms with E-state index in [-0.39, 0.29) is 9.92 Å². The minimum Gasteiger partial charge on any atom is -0.207 e. The van der Waals surface area contributed by atoms with Crippen molar-refractivity contribution in [2.24, 2.45) is 11.8 Å². The second kappa shape index (κ2) is 5.12. The van der Waals surface area contributed by atoms with Crippen molar-refractivity contribution in [3.05, 3.63) is 27.7 Å². The average Bonchev–Trinajstić information content (AvgIpc) is 2.59. The van der Waals surface area contributed by atoms with E-state index in [9.17, 15) is 8.42 Å². The molecule has 2 rings (SSSR count). The summed E-state index contributed by atoms with van der Waals surface area (Å²) in [6.07, 6.45) is 0. The lowest BCUT2D eigenvalue weighted by molar-refractivity contribution is 0.463. The molecule has 0 aliphatic carbocycles. The number of hydrogen-bond acceptors (Lipinski definition) is 2. The van der Waals surface area contributed by atoms with Crippen molar-refractivity contribution in [3.8, 4) is 0 Å².